The smallest absolute Gasteiger partial charge is 0.668 e. The molecule has 0 aromatic heterocycles. The third kappa shape index (κ3) is 27.4. The summed E-state index contributed by atoms with van der Waals surface area (Å²) in [5.41, 5.74) is 1.52. The molecular formula is C15H31HfN3. The Hall–Kier alpha value is 0.230. The number of rotatable bonds is 4. The molecule has 0 aromatic carbocycles. The molecule has 0 saturated carbocycles. The van der Waals surface area contributed by atoms with Crippen molar-refractivity contribution in [3.63, 3.8) is 0 Å². The maximum atomic E-state index is 4.42. The number of hydrogen-bond donors (Lipinski definition) is 0. The average molecular weight is 432 g/mol. The van der Waals surface area contributed by atoms with Crippen molar-refractivity contribution < 1.29 is 25.8 Å². The van der Waals surface area contributed by atoms with Crippen LogP contribution in [0.15, 0.2) is 23.8 Å². The Labute approximate surface area is 140 Å². The van der Waals surface area contributed by atoms with E-state index in [-0.39, 0.29) is 33.3 Å². The zero-order chi connectivity index (χ0) is 13.5. The molecule has 0 saturated heterocycles. The molecule has 0 atom stereocenters. The van der Waals surface area contributed by atoms with Crippen LogP contribution in [0, 0.1) is 7.43 Å². The van der Waals surface area contributed by atoms with Gasteiger partial charge in [-0.05, 0) is 6.42 Å². The van der Waals surface area contributed by atoms with Crippen LogP contribution in [-0.2, 0) is 25.8 Å². The van der Waals surface area contributed by atoms with E-state index in [0.717, 1.165) is 19.4 Å². The van der Waals surface area contributed by atoms with Crippen LogP contribution in [0.3, 0.4) is 0 Å². The maximum Gasteiger partial charge on any atom is 4.00 e. The number of hydrogen-bond acceptors (Lipinski definition) is 0. The fourth-order valence-electron chi connectivity index (χ4n) is 1.14. The van der Waals surface area contributed by atoms with E-state index < -0.39 is 0 Å². The molecule has 0 fully saturated rings. The van der Waals surface area contributed by atoms with Gasteiger partial charge in [-0.2, -0.15) is 28.2 Å². The Balaban J connectivity index is -0.000000122. The summed E-state index contributed by atoms with van der Waals surface area (Å²) in [7, 11) is 7.00. The van der Waals surface area contributed by atoms with Crippen LogP contribution in [-0.4, -0.2) is 40.8 Å². The van der Waals surface area contributed by atoms with E-state index in [4.69, 9.17) is 0 Å². The maximum absolute atomic E-state index is 4.42. The van der Waals surface area contributed by atoms with E-state index in [1.165, 1.54) is 5.57 Å². The van der Waals surface area contributed by atoms with E-state index in [1.54, 1.807) is 28.2 Å². The third-order valence-corrected chi connectivity index (χ3v) is 1.78. The van der Waals surface area contributed by atoms with Gasteiger partial charge in [-0.3, -0.25) is 0 Å². The van der Waals surface area contributed by atoms with Crippen molar-refractivity contribution in [2.75, 3.05) is 34.7 Å². The van der Waals surface area contributed by atoms with Crippen LogP contribution >= 0.6 is 0 Å². The molecule has 0 aliphatic heterocycles. The van der Waals surface area contributed by atoms with Crippen molar-refractivity contribution >= 4 is 0 Å². The van der Waals surface area contributed by atoms with Crippen molar-refractivity contribution in [3.8, 4) is 0 Å². The molecule has 0 unspecified atom stereocenters. The van der Waals surface area contributed by atoms with Gasteiger partial charge in [-0.25, -0.2) is 0 Å². The van der Waals surface area contributed by atoms with Crippen LogP contribution in [0.4, 0.5) is 0 Å². The summed E-state index contributed by atoms with van der Waals surface area (Å²) in [6.45, 7) is 5.24. The average Bonchev–Trinajstić information content (AvgIpc) is 2.72. The van der Waals surface area contributed by atoms with Gasteiger partial charge in [0.2, 0.25) is 0 Å². The Bertz CT molecular complexity index is 200. The van der Waals surface area contributed by atoms with Crippen molar-refractivity contribution in [2.45, 2.75) is 32.7 Å². The predicted molar refractivity (Wildman–Crippen MR) is 86.6 cm³/mol. The molecule has 1 rings (SSSR count). The largest absolute Gasteiger partial charge is 4.00 e. The van der Waals surface area contributed by atoms with Crippen molar-refractivity contribution in [3.05, 3.63) is 47.2 Å². The molecule has 3 nitrogen and oxygen atoms in total. The Morgan fingerprint density at radius 3 is 1.89 bits per heavy atom. The Morgan fingerprint density at radius 1 is 1.11 bits per heavy atom. The molecule has 0 aromatic rings. The van der Waals surface area contributed by atoms with Crippen molar-refractivity contribution in [1.29, 1.82) is 0 Å². The van der Waals surface area contributed by atoms with Gasteiger partial charge < -0.3 is 23.4 Å². The quantitative estimate of drug-likeness (QED) is 0.456. The first kappa shape index (κ1) is 27.6. The van der Waals surface area contributed by atoms with Gasteiger partial charge in [0.15, 0.2) is 0 Å². The Morgan fingerprint density at radius 2 is 1.58 bits per heavy atom. The van der Waals surface area contributed by atoms with E-state index in [1.807, 2.05) is 0 Å². The second kappa shape index (κ2) is 23.3. The predicted octanol–water partition coefficient (Wildman–Crippen LogP) is 4.73. The molecule has 4 heteroatoms. The van der Waals surface area contributed by atoms with E-state index in [0.29, 0.717) is 6.04 Å². The monoisotopic (exact) mass is 433 g/mol. The van der Waals surface area contributed by atoms with Crippen LogP contribution in [0.25, 0.3) is 16.0 Å². The minimum atomic E-state index is 0. The zero-order valence-corrected chi connectivity index (χ0v) is 17.4. The SMILES string of the molecule is CC(C)[N-]CCC1=CC=CC1.C[N-]C.C[N-]C.[CH3-].[Hf+4]. The summed E-state index contributed by atoms with van der Waals surface area (Å²) >= 11 is 0. The normalized spacial score (nSPS) is 11.2. The van der Waals surface area contributed by atoms with E-state index in [9.17, 15) is 0 Å². The first-order valence-electron chi connectivity index (χ1n) is 6.09. The van der Waals surface area contributed by atoms with Gasteiger partial charge in [0, 0.05) is 0 Å². The van der Waals surface area contributed by atoms with Crippen molar-refractivity contribution in [1.82, 2.24) is 0 Å². The molecule has 19 heavy (non-hydrogen) atoms. The first-order valence-corrected chi connectivity index (χ1v) is 6.09. The van der Waals surface area contributed by atoms with Gasteiger partial charge in [0.05, 0.1) is 0 Å². The summed E-state index contributed by atoms with van der Waals surface area (Å²) in [5.74, 6) is 0. The summed E-state index contributed by atoms with van der Waals surface area (Å²) in [4.78, 5) is 0. The molecule has 0 spiro atoms. The van der Waals surface area contributed by atoms with Gasteiger partial charge in [0.1, 0.15) is 0 Å². The minimum Gasteiger partial charge on any atom is -0.668 e. The molecular weight excluding hydrogens is 401 g/mol. The summed E-state index contributed by atoms with van der Waals surface area (Å²) in [5, 5.41) is 11.4. The minimum absolute atomic E-state index is 0. The molecule has 1 aliphatic carbocycles. The first-order chi connectivity index (χ1) is 8.12. The standard InChI is InChI=1S/C10H16N.2C2H6N.CH3.Hf/c1-9(2)11-8-7-10-5-3-4-6-10;2*1-3-2;;/h3-5,9H,6-8H2,1-2H3;2*1-2H3;1H3;/q4*-1;+4. The Kier molecular flexibility index (Phi) is 33.8. The molecule has 0 N–H and O–H groups in total. The zero-order valence-electron chi connectivity index (χ0n) is 13.8. The number of nitrogens with zero attached hydrogens (tertiary/aromatic N) is 3. The van der Waals surface area contributed by atoms with E-state index in [2.05, 4.69) is 48.0 Å². The topological polar surface area (TPSA) is 42.3 Å². The van der Waals surface area contributed by atoms with Crippen LogP contribution in [0.5, 0.6) is 0 Å². The van der Waals surface area contributed by atoms with Crippen LogP contribution in [0.1, 0.15) is 26.7 Å². The fraction of sp³-hybridized carbons (Fsp3) is 0.667. The molecule has 0 bridgehead atoms. The molecule has 0 radical (unpaired) electrons. The second-order valence-electron chi connectivity index (χ2n) is 4.10. The molecule has 0 heterocycles. The molecule has 110 valence electrons. The summed E-state index contributed by atoms with van der Waals surface area (Å²) in [6, 6.07) is 0.491. The fourth-order valence-corrected chi connectivity index (χ4v) is 1.14. The van der Waals surface area contributed by atoms with Gasteiger partial charge in [0.25, 0.3) is 0 Å². The van der Waals surface area contributed by atoms with Gasteiger partial charge >= 0.3 is 25.8 Å². The van der Waals surface area contributed by atoms with E-state index >= 15 is 0 Å². The summed E-state index contributed by atoms with van der Waals surface area (Å²) in [6.07, 6.45) is 8.82. The summed E-state index contributed by atoms with van der Waals surface area (Å²) < 4.78 is 0. The van der Waals surface area contributed by atoms with Crippen LogP contribution in [0.2, 0.25) is 0 Å². The molecule has 0 amide bonds. The number of allylic oxidation sites excluding steroid dienone is 3. The van der Waals surface area contributed by atoms with Crippen LogP contribution < -0.4 is 0 Å². The third-order valence-electron chi connectivity index (χ3n) is 1.78. The van der Waals surface area contributed by atoms with Gasteiger partial charge in [-0.15, -0.1) is 12.6 Å². The van der Waals surface area contributed by atoms with Gasteiger partial charge in [-0.1, -0.05) is 44.1 Å². The molecule has 1 aliphatic rings. The second-order valence-corrected chi connectivity index (χ2v) is 4.10. The van der Waals surface area contributed by atoms with Crippen molar-refractivity contribution in [2.24, 2.45) is 0 Å².